The average Bonchev–Trinajstić information content (AvgIpc) is 2.89. The molecule has 0 unspecified atom stereocenters. The van der Waals surface area contributed by atoms with Gasteiger partial charge in [-0.25, -0.2) is 4.79 Å². The number of thioether (sulfide) groups is 1. The zero-order chi connectivity index (χ0) is 25.9. The number of fused-ring (bicyclic) bond motifs is 1. The predicted octanol–water partition coefficient (Wildman–Crippen LogP) is 7.28. The molecular weight excluding hydrogens is 480 g/mol. The first-order chi connectivity index (χ1) is 17.8. The van der Waals surface area contributed by atoms with E-state index in [-0.39, 0.29) is 11.7 Å². The molecule has 5 rings (SSSR count). The van der Waals surface area contributed by atoms with Crippen LogP contribution in [0.1, 0.15) is 56.7 Å². The average molecular weight is 517 g/mol. The van der Waals surface area contributed by atoms with E-state index < -0.39 is 5.60 Å². The molecule has 1 spiro atoms. The van der Waals surface area contributed by atoms with Crippen LogP contribution in [0.3, 0.4) is 0 Å². The van der Waals surface area contributed by atoms with E-state index in [1.165, 1.54) is 16.7 Å². The van der Waals surface area contributed by atoms with E-state index >= 15 is 0 Å². The Labute approximate surface area is 224 Å². The van der Waals surface area contributed by atoms with Gasteiger partial charge in [-0.15, -0.1) is 0 Å². The molecule has 0 N–H and O–H groups in total. The Kier molecular flexibility index (Phi) is 7.47. The fraction of sp³-hybridized carbons (Fsp3) is 0.419. The first kappa shape index (κ1) is 25.7. The number of rotatable bonds is 5. The van der Waals surface area contributed by atoms with Crippen molar-refractivity contribution in [3.8, 4) is 17.0 Å². The molecule has 1 saturated heterocycles. The van der Waals surface area contributed by atoms with Gasteiger partial charge in [-0.05, 0) is 74.6 Å². The highest BCUT2D eigenvalue weighted by Gasteiger charge is 2.41. The van der Waals surface area contributed by atoms with Gasteiger partial charge in [-0.1, -0.05) is 36.4 Å². The second-order valence-corrected chi connectivity index (χ2v) is 12.1. The minimum absolute atomic E-state index is 0.190. The quantitative estimate of drug-likeness (QED) is 0.357. The maximum absolute atomic E-state index is 12.4. The molecule has 0 radical (unpaired) electrons. The van der Waals surface area contributed by atoms with Crippen LogP contribution in [0.15, 0.2) is 66.9 Å². The normalized spacial score (nSPS) is 16.7. The number of carbonyl (C=O) groups is 1. The van der Waals surface area contributed by atoms with E-state index in [1.54, 1.807) is 0 Å². The van der Waals surface area contributed by atoms with Crippen molar-refractivity contribution in [2.75, 3.05) is 13.1 Å². The fourth-order valence-corrected chi connectivity index (χ4v) is 5.93. The summed E-state index contributed by atoms with van der Waals surface area (Å²) >= 11 is 1.91. The van der Waals surface area contributed by atoms with Crippen LogP contribution < -0.4 is 4.74 Å². The Morgan fingerprint density at radius 3 is 2.46 bits per heavy atom. The van der Waals surface area contributed by atoms with E-state index in [0.717, 1.165) is 54.2 Å². The van der Waals surface area contributed by atoms with E-state index in [9.17, 15) is 4.79 Å². The number of pyridine rings is 1. The monoisotopic (exact) mass is 516 g/mol. The molecule has 3 aromatic rings. The van der Waals surface area contributed by atoms with Crippen LogP contribution in [-0.2, 0) is 22.7 Å². The Bertz CT molecular complexity index is 1210. The molecule has 2 aliphatic rings. The number of benzene rings is 2. The molecule has 0 bridgehead atoms. The molecule has 0 atom stereocenters. The second kappa shape index (κ2) is 10.8. The number of aromatic nitrogens is 1. The standard InChI is InChI=1S/C31H36N2O3S/c1-30(2,3)36-29(34)33-17-15-31(16-18-33)14-13-26-19-25(10-12-28(26)35-31)27-11-9-24(20-32-27)22-37-21-23-7-5-4-6-8-23/h4-12,19-20H,13-18,21-22H2,1-3H3. The molecule has 2 aromatic carbocycles. The molecule has 1 amide bonds. The molecule has 0 saturated carbocycles. The lowest BCUT2D eigenvalue weighted by Crippen LogP contribution is -2.52. The van der Waals surface area contributed by atoms with Crippen LogP contribution in [0.25, 0.3) is 11.3 Å². The topological polar surface area (TPSA) is 51.7 Å². The van der Waals surface area contributed by atoms with E-state index in [4.69, 9.17) is 14.5 Å². The van der Waals surface area contributed by atoms with Gasteiger partial charge in [-0.2, -0.15) is 11.8 Å². The van der Waals surface area contributed by atoms with Crippen LogP contribution in [0.4, 0.5) is 4.79 Å². The van der Waals surface area contributed by atoms with Crippen LogP contribution in [0, 0.1) is 0 Å². The first-order valence-electron chi connectivity index (χ1n) is 13.2. The van der Waals surface area contributed by atoms with Crippen molar-refractivity contribution < 1.29 is 14.3 Å². The molecular formula is C31H36N2O3S. The van der Waals surface area contributed by atoms with Crippen molar-refractivity contribution in [1.82, 2.24) is 9.88 Å². The van der Waals surface area contributed by atoms with Gasteiger partial charge >= 0.3 is 6.09 Å². The number of hydrogen-bond donors (Lipinski definition) is 0. The summed E-state index contributed by atoms with van der Waals surface area (Å²) in [4.78, 5) is 19.0. The summed E-state index contributed by atoms with van der Waals surface area (Å²) in [6.45, 7) is 7.05. The van der Waals surface area contributed by atoms with Crippen molar-refractivity contribution in [3.05, 3.63) is 83.6 Å². The lowest BCUT2D eigenvalue weighted by molar-refractivity contribution is -0.0272. The number of amides is 1. The molecule has 37 heavy (non-hydrogen) atoms. The van der Waals surface area contributed by atoms with Gasteiger partial charge in [0, 0.05) is 49.2 Å². The van der Waals surface area contributed by atoms with Crippen molar-refractivity contribution in [1.29, 1.82) is 0 Å². The Balaban J connectivity index is 1.17. The maximum Gasteiger partial charge on any atom is 0.410 e. The molecule has 1 aromatic heterocycles. The van der Waals surface area contributed by atoms with Crippen molar-refractivity contribution in [2.45, 2.75) is 69.2 Å². The van der Waals surface area contributed by atoms with E-state index in [0.29, 0.717) is 13.1 Å². The number of ether oxygens (including phenoxy) is 2. The summed E-state index contributed by atoms with van der Waals surface area (Å²) in [6.07, 6.45) is 5.38. The third-order valence-electron chi connectivity index (χ3n) is 7.06. The number of hydrogen-bond acceptors (Lipinski definition) is 5. The van der Waals surface area contributed by atoms with Gasteiger partial charge in [0.2, 0.25) is 0 Å². The number of likely N-dealkylation sites (tertiary alicyclic amines) is 1. The zero-order valence-electron chi connectivity index (χ0n) is 22.0. The lowest BCUT2D eigenvalue weighted by Gasteiger charge is -2.44. The van der Waals surface area contributed by atoms with Crippen molar-refractivity contribution >= 4 is 17.9 Å². The molecule has 2 aliphatic heterocycles. The van der Waals surface area contributed by atoms with Crippen molar-refractivity contribution in [2.24, 2.45) is 0 Å². The minimum atomic E-state index is -0.472. The molecule has 3 heterocycles. The van der Waals surface area contributed by atoms with Crippen LogP contribution in [0.5, 0.6) is 5.75 Å². The van der Waals surface area contributed by atoms with Crippen molar-refractivity contribution in [3.63, 3.8) is 0 Å². The summed E-state index contributed by atoms with van der Waals surface area (Å²) in [5.74, 6) is 2.93. The molecule has 0 aliphatic carbocycles. The van der Waals surface area contributed by atoms with Gasteiger partial charge in [0.15, 0.2) is 0 Å². The minimum Gasteiger partial charge on any atom is -0.487 e. The predicted molar refractivity (Wildman–Crippen MR) is 150 cm³/mol. The van der Waals surface area contributed by atoms with Crippen LogP contribution in [-0.4, -0.2) is 40.3 Å². The van der Waals surface area contributed by atoms with Gasteiger partial charge in [0.25, 0.3) is 0 Å². The number of piperidine rings is 1. The Morgan fingerprint density at radius 2 is 1.76 bits per heavy atom. The largest absolute Gasteiger partial charge is 0.487 e. The van der Waals surface area contributed by atoms with Crippen LogP contribution >= 0.6 is 11.8 Å². The van der Waals surface area contributed by atoms with E-state index in [2.05, 4.69) is 60.7 Å². The summed E-state index contributed by atoms with van der Waals surface area (Å²) in [5, 5.41) is 0. The van der Waals surface area contributed by atoms with E-state index in [1.807, 2.05) is 43.6 Å². The summed E-state index contributed by atoms with van der Waals surface area (Å²) in [7, 11) is 0. The smallest absolute Gasteiger partial charge is 0.410 e. The number of carbonyl (C=O) groups excluding carboxylic acids is 1. The van der Waals surface area contributed by atoms with Gasteiger partial charge in [0.1, 0.15) is 17.0 Å². The molecule has 1 fully saturated rings. The molecule has 5 nitrogen and oxygen atoms in total. The fourth-order valence-electron chi connectivity index (χ4n) is 5.00. The summed E-state index contributed by atoms with van der Waals surface area (Å²) in [6, 6.07) is 21.3. The maximum atomic E-state index is 12.4. The first-order valence-corrected chi connectivity index (χ1v) is 14.3. The summed E-state index contributed by atoms with van der Waals surface area (Å²) in [5.41, 5.74) is 5.29. The lowest BCUT2D eigenvalue weighted by atomic mass is 9.83. The van der Waals surface area contributed by atoms with Gasteiger partial charge < -0.3 is 14.4 Å². The third-order valence-corrected chi connectivity index (χ3v) is 8.14. The van der Waals surface area contributed by atoms with Crippen LogP contribution in [0.2, 0.25) is 0 Å². The Morgan fingerprint density at radius 1 is 1.00 bits per heavy atom. The van der Waals surface area contributed by atoms with Gasteiger partial charge in [0.05, 0.1) is 5.69 Å². The Hall–Kier alpha value is -2.99. The molecule has 6 heteroatoms. The highest BCUT2D eigenvalue weighted by Crippen LogP contribution is 2.41. The number of aryl methyl sites for hydroxylation is 1. The number of nitrogens with zero attached hydrogens (tertiary/aromatic N) is 2. The third kappa shape index (κ3) is 6.48. The second-order valence-electron chi connectivity index (χ2n) is 11.1. The highest BCUT2D eigenvalue weighted by molar-refractivity contribution is 7.97. The van der Waals surface area contributed by atoms with Gasteiger partial charge in [-0.3, -0.25) is 4.98 Å². The summed E-state index contributed by atoms with van der Waals surface area (Å²) < 4.78 is 12.1. The molecule has 194 valence electrons. The zero-order valence-corrected chi connectivity index (χ0v) is 22.9. The highest BCUT2D eigenvalue weighted by atomic mass is 32.2. The SMILES string of the molecule is CC(C)(C)OC(=O)N1CCC2(CCc3cc(-c4ccc(CSCc5ccccc5)cn4)ccc3O2)CC1.